The average Bonchev–Trinajstić information content (AvgIpc) is 3.15. The standard InChI is InChI=1S/C18H24N2O5/c1-23-15-5-2-4-14(10-15)20-8-7-19(11-17(20)21)18(22)13-24-12-16-6-3-9-25-16/h2,4-5,10,16H,3,6-9,11-13H2,1H3/t16-/m0/s1. The van der Waals surface area contributed by atoms with Gasteiger partial charge < -0.3 is 24.0 Å². The molecule has 0 unspecified atom stereocenters. The molecule has 0 saturated carbocycles. The summed E-state index contributed by atoms with van der Waals surface area (Å²) in [5.74, 6) is 0.440. The van der Waals surface area contributed by atoms with E-state index in [2.05, 4.69) is 0 Å². The SMILES string of the molecule is COc1cccc(N2CCN(C(=O)COC[C@@H]3CCCO3)CC2=O)c1. The fourth-order valence-corrected chi connectivity index (χ4v) is 3.08. The van der Waals surface area contributed by atoms with E-state index >= 15 is 0 Å². The minimum Gasteiger partial charge on any atom is -0.497 e. The molecule has 25 heavy (non-hydrogen) atoms. The Kier molecular flexibility index (Phi) is 5.88. The number of rotatable bonds is 6. The van der Waals surface area contributed by atoms with Gasteiger partial charge in [0.05, 0.1) is 19.8 Å². The maximum Gasteiger partial charge on any atom is 0.249 e. The molecule has 2 aliphatic heterocycles. The maximum atomic E-state index is 12.4. The van der Waals surface area contributed by atoms with Gasteiger partial charge in [-0.3, -0.25) is 9.59 Å². The highest BCUT2D eigenvalue weighted by atomic mass is 16.5. The molecule has 136 valence electrons. The van der Waals surface area contributed by atoms with Crippen LogP contribution in [0.3, 0.4) is 0 Å². The Labute approximate surface area is 147 Å². The highest BCUT2D eigenvalue weighted by molar-refractivity contribution is 5.98. The first-order valence-electron chi connectivity index (χ1n) is 8.59. The lowest BCUT2D eigenvalue weighted by Gasteiger charge is -2.34. The van der Waals surface area contributed by atoms with Crippen molar-refractivity contribution in [3.63, 3.8) is 0 Å². The van der Waals surface area contributed by atoms with Gasteiger partial charge in [-0.15, -0.1) is 0 Å². The van der Waals surface area contributed by atoms with Crippen molar-refractivity contribution in [2.45, 2.75) is 18.9 Å². The third kappa shape index (κ3) is 4.49. The summed E-state index contributed by atoms with van der Waals surface area (Å²) < 4.78 is 16.1. The first-order chi connectivity index (χ1) is 12.2. The van der Waals surface area contributed by atoms with Crippen LogP contribution in [0.15, 0.2) is 24.3 Å². The Bertz CT molecular complexity index is 615. The van der Waals surface area contributed by atoms with Crippen molar-refractivity contribution in [1.29, 1.82) is 0 Å². The van der Waals surface area contributed by atoms with E-state index < -0.39 is 0 Å². The monoisotopic (exact) mass is 348 g/mol. The van der Waals surface area contributed by atoms with Crippen LogP contribution in [0.4, 0.5) is 5.69 Å². The van der Waals surface area contributed by atoms with E-state index in [1.165, 1.54) is 0 Å². The Morgan fingerprint density at radius 3 is 2.96 bits per heavy atom. The quantitative estimate of drug-likeness (QED) is 0.769. The van der Waals surface area contributed by atoms with Crippen molar-refractivity contribution in [3.8, 4) is 5.75 Å². The number of benzene rings is 1. The number of ether oxygens (including phenoxy) is 3. The number of nitrogens with zero attached hydrogens (tertiary/aromatic N) is 2. The van der Waals surface area contributed by atoms with Gasteiger partial charge in [-0.05, 0) is 25.0 Å². The van der Waals surface area contributed by atoms with Crippen molar-refractivity contribution in [3.05, 3.63) is 24.3 Å². The van der Waals surface area contributed by atoms with Crippen LogP contribution in [-0.4, -0.2) is 69.4 Å². The fraction of sp³-hybridized carbons (Fsp3) is 0.556. The molecule has 2 saturated heterocycles. The second kappa shape index (κ2) is 8.31. The molecular weight excluding hydrogens is 324 g/mol. The summed E-state index contributed by atoms with van der Waals surface area (Å²) in [6.45, 7) is 2.21. The van der Waals surface area contributed by atoms with Crippen LogP contribution in [0.1, 0.15) is 12.8 Å². The molecule has 1 aromatic carbocycles. The first-order valence-corrected chi connectivity index (χ1v) is 8.59. The second-order valence-electron chi connectivity index (χ2n) is 6.21. The Hall–Kier alpha value is -2.12. The smallest absolute Gasteiger partial charge is 0.249 e. The van der Waals surface area contributed by atoms with Crippen LogP contribution < -0.4 is 9.64 Å². The van der Waals surface area contributed by atoms with Crippen LogP contribution in [-0.2, 0) is 19.1 Å². The summed E-state index contributed by atoms with van der Waals surface area (Å²) in [5, 5.41) is 0. The van der Waals surface area contributed by atoms with Crippen LogP contribution in [0.2, 0.25) is 0 Å². The molecule has 3 rings (SSSR count). The van der Waals surface area contributed by atoms with Gasteiger partial charge in [-0.25, -0.2) is 0 Å². The number of hydrogen-bond donors (Lipinski definition) is 0. The predicted octanol–water partition coefficient (Wildman–Crippen LogP) is 1.07. The van der Waals surface area contributed by atoms with Gasteiger partial charge in [0.1, 0.15) is 18.9 Å². The van der Waals surface area contributed by atoms with E-state index in [0.29, 0.717) is 25.4 Å². The van der Waals surface area contributed by atoms with Gasteiger partial charge in [-0.2, -0.15) is 0 Å². The number of carbonyl (C=O) groups is 2. The largest absolute Gasteiger partial charge is 0.497 e. The zero-order chi connectivity index (χ0) is 17.6. The molecule has 0 bridgehead atoms. The molecule has 0 aliphatic carbocycles. The van der Waals surface area contributed by atoms with E-state index in [-0.39, 0.29) is 31.1 Å². The Morgan fingerprint density at radius 1 is 1.36 bits per heavy atom. The molecule has 0 radical (unpaired) electrons. The minimum atomic E-state index is -0.156. The maximum absolute atomic E-state index is 12.4. The van der Waals surface area contributed by atoms with Crippen molar-refractivity contribution < 1.29 is 23.8 Å². The molecule has 2 heterocycles. The number of carbonyl (C=O) groups excluding carboxylic acids is 2. The molecular formula is C18H24N2O5. The van der Waals surface area contributed by atoms with Crippen LogP contribution in [0, 0.1) is 0 Å². The van der Waals surface area contributed by atoms with E-state index in [0.717, 1.165) is 25.1 Å². The fourth-order valence-electron chi connectivity index (χ4n) is 3.08. The highest BCUT2D eigenvalue weighted by Gasteiger charge is 2.28. The van der Waals surface area contributed by atoms with Crippen molar-refractivity contribution in [2.75, 3.05) is 51.5 Å². The highest BCUT2D eigenvalue weighted by Crippen LogP contribution is 2.22. The van der Waals surface area contributed by atoms with Gasteiger partial charge in [0.15, 0.2) is 0 Å². The second-order valence-corrected chi connectivity index (χ2v) is 6.21. The van der Waals surface area contributed by atoms with E-state index in [4.69, 9.17) is 14.2 Å². The van der Waals surface area contributed by atoms with E-state index in [1.807, 2.05) is 24.3 Å². The number of hydrogen-bond acceptors (Lipinski definition) is 5. The van der Waals surface area contributed by atoms with Crippen LogP contribution in [0.25, 0.3) is 0 Å². The molecule has 0 aromatic heterocycles. The molecule has 2 amide bonds. The van der Waals surface area contributed by atoms with Gasteiger partial charge in [-0.1, -0.05) is 6.07 Å². The molecule has 7 heteroatoms. The summed E-state index contributed by atoms with van der Waals surface area (Å²) in [6.07, 6.45) is 2.12. The van der Waals surface area contributed by atoms with Gasteiger partial charge in [0.25, 0.3) is 0 Å². The van der Waals surface area contributed by atoms with Crippen molar-refractivity contribution in [1.82, 2.24) is 4.90 Å². The Balaban J connectivity index is 1.48. The summed E-state index contributed by atoms with van der Waals surface area (Å²) >= 11 is 0. The predicted molar refractivity (Wildman–Crippen MR) is 91.7 cm³/mol. The zero-order valence-electron chi connectivity index (χ0n) is 14.5. The lowest BCUT2D eigenvalue weighted by Crippen LogP contribution is -2.53. The molecule has 7 nitrogen and oxygen atoms in total. The topological polar surface area (TPSA) is 68.3 Å². The molecule has 0 spiro atoms. The van der Waals surface area contributed by atoms with Crippen molar-refractivity contribution in [2.24, 2.45) is 0 Å². The molecule has 0 N–H and O–H groups in total. The van der Waals surface area contributed by atoms with E-state index in [1.54, 1.807) is 16.9 Å². The number of amides is 2. The van der Waals surface area contributed by atoms with Crippen molar-refractivity contribution >= 4 is 17.5 Å². The van der Waals surface area contributed by atoms with Gasteiger partial charge in [0.2, 0.25) is 11.8 Å². The van der Waals surface area contributed by atoms with Gasteiger partial charge >= 0.3 is 0 Å². The molecule has 1 atom stereocenters. The Morgan fingerprint density at radius 2 is 2.24 bits per heavy atom. The summed E-state index contributed by atoms with van der Waals surface area (Å²) in [6, 6.07) is 7.36. The number of methoxy groups -OCH3 is 1. The van der Waals surface area contributed by atoms with Crippen LogP contribution in [0.5, 0.6) is 5.75 Å². The molecule has 2 aliphatic rings. The van der Waals surface area contributed by atoms with E-state index in [9.17, 15) is 9.59 Å². The normalized spacial score (nSPS) is 20.8. The summed E-state index contributed by atoms with van der Waals surface area (Å²) in [4.78, 5) is 27.9. The lowest BCUT2D eigenvalue weighted by atomic mass is 10.2. The minimum absolute atomic E-state index is 0.00764. The third-order valence-corrected chi connectivity index (χ3v) is 4.49. The third-order valence-electron chi connectivity index (χ3n) is 4.49. The number of anilines is 1. The van der Waals surface area contributed by atoms with Gasteiger partial charge in [0, 0.05) is 31.5 Å². The first kappa shape index (κ1) is 17.7. The molecule has 1 aromatic rings. The zero-order valence-corrected chi connectivity index (χ0v) is 14.5. The van der Waals surface area contributed by atoms with Crippen LogP contribution >= 0.6 is 0 Å². The number of piperazine rings is 1. The summed E-state index contributed by atoms with van der Waals surface area (Å²) in [5.41, 5.74) is 0.783. The summed E-state index contributed by atoms with van der Waals surface area (Å²) in [7, 11) is 1.59. The molecule has 2 fully saturated rings. The average molecular weight is 348 g/mol. The lowest BCUT2D eigenvalue weighted by molar-refractivity contribution is -0.141.